The maximum Gasteiger partial charge on any atom is 0.142 e. The summed E-state index contributed by atoms with van der Waals surface area (Å²) in [5.74, 6) is -0.364. The molecule has 27 heavy (non-hydrogen) atoms. The van der Waals surface area contributed by atoms with Gasteiger partial charge >= 0.3 is 0 Å². The van der Waals surface area contributed by atoms with Crippen LogP contribution in [0.25, 0.3) is 0 Å². The summed E-state index contributed by atoms with van der Waals surface area (Å²) in [5.41, 5.74) is 1.78. The second-order valence-electron chi connectivity index (χ2n) is 8.55. The molecule has 1 aliphatic heterocycles. The Hall–Kier alpha value is -1.50. The first-order chi connectivity index (χ1) is 12.7. The summed E-state index contributed by atoms with van der Waals surface area (Å²) in [6.07, 6.45) is 2.99. The molecular weight excluding hydrogens is 365 g/mol. The molecule has 0 saturated carbocycles. The van der Waals surface area contributed by atoms with Gasteiger partial charge in [0.25, 0.3) is 0 Å². The predicted molar refractivity (Wildman–Crippen MR) is 106 cm³/mol. The van der Waals surface area contributed by atoms with Gasteiger partial charge < -0.3 is 5.32 Å². The lowest BCUT2D eigenvalue weighted by molar-refractivity contribution is 0.189. The minimum absolute atomic E-state index is 0.0869. The van der Waals surface area contributed by atoms with Crippen molar-refractivity contribution >= 4 is 11.6 Å². The molecule has 1 N–H and O–H groups in total. The highest BCUT2D eigenvalue weighted by Gasteiger charge is 2.36. The Bertz CT molecular complexity index is 783. The van der Waals surface area contributed by atoms with Crippen molar-refractivity contribution in [1.29, 1.82) is 0 Å². The molecule has 1 aliphatic rings. The van der Waals surface area contributed by atoms with E-state index in [0.717, 1.165) is 24.2 Å². The molecule has 1 fully saturated rings. The van der Waals surface area contributed by atoms with E-state index >= 15 is 0 Å². The van der Waals surface area contributed by atoms with Gasteiger partial charge in [-0.3, -0.25) is 4.90 Å². The zero-order chi connectivity index (χ0) is 19.8. The van der Waals surface area contributed by atoms with Gasteiger partial charge in [-0.25, -0.2) is 9.07 Å². The summed E-state index contributed by atoms with van der Waals surface area (Å²) >= 11 is 5.88. The number of nitrogens with one attached hydrogen (secondary N) is 1. The Balaban J connectivity index is 1.76. The molecule has 0 aliphatic carbocycles. The fourth-order valence-electron chi connectivity index (χ4n) is 3.67. The lowest BCUT2D eigenvalue weighted by Gasteiger charge is -2.32. The van der Waals surface area contributed by atoms with Crippen molar-refractivity contribution in [2.24, 2.45) is 0 Å². The zero-order valence-electron chi connectivity index (χ0n) is 16.7. The van der Waals surface area contributed by atoms with Gasteiger partial charge in [0.05, 0.1) is 28.5 Å². The Kier molecular flexibility index (Phi) is 5.89. The number of halogens is 2. The van der Waals surface area contributed by atoms with Crippen LogP contribution in [0.4, 0.5) is 4.39 Å². The third-order valence-corrected chi connectivity index (χ3v) is 5.47. The average molecular weight is 394 g/mol. The lowest BCUT2D eigenvalue weighted by atomic mass is 9.99. The summed E-state index contributed by atoms with van der Waals surface area (Å²) in [5, 5.41) is 12.3. The first kappa shape index (κ1) is 20.2. The Morgan fingerprint density at radius 2 is 2.07 bits per heavy atom. The van der Waals surface area contributed by atoms with E-state index < -0.39 is 0 Å². The van der Waals surface area contributed by atoms with Gasteiger partial charge in [-0.2, -0.15) is 0 Å². The lowest BCUT2D eigenvalue weighted by Crippen LogP contribution is -2.38. The van der Waals surface area contributed by atoms with Crippen molar-refractivity contribution in [1.82, 2.24) is 25.2 Å². The standard InChI is InChI=1S/C20H29ClFN5/c1-13(2)26-9-8-18(19(26)14-6-7-16(21)17(22)10-14)23-11-15-12-27(25-24-15)20(3,4)5/h6-7,10,12-13,18-19,23H,8-9,11H2,1-5H3. The van der Waals surface area contributed by atoms with Gasteiger partial charge in [-0.15, -0.1) is 5.10 Å². The molecule has 2 unspecified atom stereocenters. The number of benzene rings is 1. The van der Waals surface area contributed by atoms with Crippen LogP contribution in [0, 0.1) is 5.82 Å². The van der Waals surface area contributed by atoms with Crippen molar-refractivity contribution in [2.75, 3.05) is 6.54 Å². The van der Waals surface area contributed by atoms with Crippen molar-refractivity contribution in [3.63, 3.8) is 0 Å². The van der Waals surface area contributed by atoms with Gasteiger partial charge in [0.2, 0.25) is 0 Å². The van der Waals surface area contributed by atoms with E-state index in [-0.39, 0.29) is 28.5 Å². The smallest absolute Gasteiger partial charge is 0.142 e. The first-order valence-electron chi connectivity index (χ1n) is 9.52. The highest BCUT2D eigenvalue weighted by atomic mass is 35.5. The van der Waals surface area contributed by atoms with E-state index in [1.807, 2.05) is 16.9 Å². The Labute approximate surface area is 165 Å². The van der Waals surface area contributed by atoms with E-state index in [4.69, 9.17) is 11.6 Å². The van der Waals surface area contributed by atoms with Crippen LogP contribution < -0.4 is 5.32 Å². The van der Waals surface area contributed by atoms with Crippen molar-refractivity contribution < 1.29 is 4.39 Å². The van der Waals surface area contributed by atoms with Crippen LogP contribution >= 0.6 is 11.6 Å². The van der Waals surface area contributed by atoms with Gasteiger partial charge in [0.15, 0.2) is 0 Å². The third-order valence-electron chi connectivity index (χ3n) is 5.16. The summed E-state index contributed by atoms with van der Waals surface area (Å²) in [4.78, 5) is 2.41. The van der Waals surface area contributed by atoms with Crippen molar-refractivity contribution in [3.05, 3.63) is 46.5 Å². The first-order valence-corrected chi connectivity index (χ1v) is 9.90. The van der Waals surface area contributed by atoms with Gasteiger partial charge in [-0.05, 0) is 58.7 Å². The zero-order valence-corrected chi connectivity index (χ0v) is 17.5. The van der Waals surface area contributed by atoms with Gasteiger partial charge in [0, 0.05) is 25.2 Å². The number of aromatic nitrogens is 3. The molecular formula is C20H29ClFN5. The molecule has 3 rings (SSSR count). The molecule has 1 aromatic heterocycles. The van der Waals surface area contributed by atoms with Crippen LogP contribution in [0.2, 0.25) is 5.02 Å². The molecule has 2 atom stereocenters. The number of hydrogen-bond donors (Lipinski definition) is 1. The Morgan fingerprint density at radius 3 is 2.67 bits per heavy atom. The number of hydrogen-bond acceptors (Lipinski definition) is 4. The van der Waals surface area contributed by atoms with Crippen molar-refractivity contribution in [3.8, 4) is 0 Å². The van der Waals surface area contributed by atoms with Crippen LogP contribution in [0.15, 0.2) is 24.4 Å². The van der Waals surface area contributed by atoms with E-state index in [1.54, 1.807) is 12.1 Å². The molecule has 2 aromatic rings. The maximum absolute atomic E-state index is 14.1. The largest absolute Gasteiger partial charge is 0.306 e. The number of likely N-dealkylation sites (tertiary alicyclic amines) is 1. The minimum atomic E-state index is -0.364. The summed E-state index contributed by atoms with van der Waals surface area (Å²) in [6, 6.07) is 5.85. The second kappa shape index (κ2) is 7.86. The van der Waals surface area contributed by atoms with Gasteiger partial charge in [-0.1, -0.05) is 22.9 Å². The summed E-state index contributed by atoms with van der Waals surface area (Å²) < 4.78 is 15.9. The quantitative estimate of drug-likeness (QED) is 0.829. The molecule has 5 nitrogen and oxygen atoms in total. The molecule has 148 valence electrons. The highest BCUT2D eigenvalue weighted by Crippen LogP contribution is 2.35. The number of rotatable bonds is 5. The molecule has 1 aromatic carbocycles. The minimum Gasteiger partial charge on any atom is -0.306 e. The fraction of sp³-hybridized carbons (Fsp3) is 0.600. The topological polar surface area (TPSA) is 46.0 Å². The SMILES string of the molecule is CC(C)N1CCC(NCc2cn(C(C)(C)C)nn2)C1c1ccc(Cl)c(F)c1. The second-order valence-corrected chi connectivity index (χ2v) is 8.96. The van der Waals surface area contributed by atoms with Crippen LogP contribution in [-0.2, 0) is 12.1 Å². The molecule has 2 heterocycles. The van der Waals surface area contributed by atoms with E-state index in [9.17, 15) is 4.39 Å². The molecule has 0 radical (unpaired) electrons. The summed E-state index contributed by atoms with van der Waals surface area (Å²) in [6.45, 7) is 12.3. The molecule has 0 amide bonds. The Morgan fingerprint density at radius 1 is 1.33 bits per heavy atom. The van der Waals surface area contributed by atoms with Crippen LogP contribution in [0.5, 0.6) is 0 Å². The predicted octanol–water partition coefficient (Wildman–Crippen LogP) is 4.14. The molecule has 1 saturated heterocycles. The van der Waals surface area contributed by atoms with Crippen LogP contribution in [0.3, 0.4) is 0 Å². The highest BCUT2D eigenvalue weighted by molar-refractivity contribution is 6.30. The van der Waals surface area contributed by atoms with E-state index in [1.165, 1.54) is 0 Å². The molecule has 0 spiro atoms. The number of nitrogens with zero attached hydrogens (tertiary/aromatic N) is 4. The van der Waals surface area contributed by atoms with E-state index in [0.29, 0.717) is 12.6 Å². The van der Waals surface area contributed by atoms with Crippen LogP contribution in [0.1, 0.15) is 58.3 Å². The van der Waals surface area contributed by atoms with Crippen molar-refractivity contribution in [2.45, 2.75) is 71.2 Å². The van der Waals surface area contributed by atoms with E-state index in [2.05, 4.69) is 55.1 Å². The van der Waals surface area contributed by atoms with Gasteiger partial charge in [0.1, 0.15) is 5.82 Å². The normalized spacial score (nSPS) is 21.3. The average Bonchev–Trinajstić information content (AvgIpc) is 3.21. The molecule has 7 heteroatoms. The maximum atomic E-state index is 14.1. The monoisotopic (exact) mass is 393 g/mol. The fourth-order valence-corrected chi connectivity index (χ4v) is 3.79. The summed E-state index contributed by atoms with van der Waals surface area (Å²) in [7, 11) is 0. The molecule has 0 bridgehead atoms. The van der Waals surface area contributed by atoms with Crippen LogP contribution in [-0.4, -0.2) is 38.5 Å². The third kappa shape index (κ3) is 4.50.